The highest BCUT2D eigenvalue weighted by Crippen LogP contribution is 2.25. The summed E-state index contributed by atoms with van der Waals surface area (Å²) >= 11 is 1.72. The molecule has 2 saturated heterocycles. The minimum absolute atomic E-state index is 0.119. The molecule has 1 unspecified atom stereocenters. The van der Waals surface area contributed by atoms with E-state index >= 15 is 0 Å². The van der Waals surface area contributed by atoms with Crippen LogP contribution in [0.15, 0.2) is 29.9 Å². The zero-order valence-electron chi connectivity index (χ0n) is 16.8. The van der Waals surface area contributed by atoms with E-state index in [0.717, 1.165) is 63.8 Å². The van der Waals surface area contributed by atoms with E-state index in [0.29, 0.717) is 11.6 Å². The molecule has 4 heterocycles. The van der Waals surface area contributed by atoms with Crippen LogP contribution in [0.4, 0.5) is 5.82 Å². The fourth-order valence-corrected chi connectivity index (χ4v) is 4.76. The first-order valence-electron chi connectivity index (χ1n) is 10.3. The molecule has 0 radical (unpaired) electrons. The zero-order valence-corrected chi connectivity index (χ0v) is 17.6. The molecule has 2 aliphatic rings. The van der Waals surface area contributed by atoms with Gasteiger partial charge in [0, 0.05) is 57.0 Å². The maximum Gasteiger partial charge on any atom is 0.255 e. The van der Waals surface area contributed by atoms with Crippen LogP contribution in [0.25, 0.3) is 0 Å². The second-order valence-corrected chi connectivity index (χ2v) is 8.88. The van der Waals surface area contributed by atoms with Crippen molar-refractivity contribution in [3.8, 4) is 0 Å². The van der Waals surface area contributed by atoms with Gasteiger partial charge in [-0.25, -0.2) is 9.97 Å². The number of thiazole rings is 1. The van der Waals surface area contributed by atoms with Gasteiger partial charge in [-0.3, -0.25) is 9.69 Å². The Morgan fingerprint density at radius 3 is 2.46 bits per heavy atom. The van der Waals surface area contributed by atoms with Crippen LogP contribution >= 0.6 is 11.3 Å². The van der Waals surface area contributed by atoms with Crippen molar-refractivity contribution in [3.05, 3.63) is 40.5 Å². The minimum Gasteiger partial charge on any atom is -0.354 e. The molecular weight excluding hydrogens is 370 g/mol. The lowest BCUT2D eigenvalue weighted by atomic mass is 9.99. The second-order valence-electron chi connectivity index (χ2n) is 7.95. The Kier molecular flexibility index (Phi) is 5.92. The molecule has 0 saturated carbocycles. The standard InChI is InChI=1S/C21H29N5OS/c1-16-5-8-26(9-6-16)21(27)18-3-4-19(23-15-18)25-12-10-24(11-13-25)17(2)20-22-7-14-28-20/h3-4,7,14-17H,5-6,8-13H2,1-2H3. The molecule has 2 aromatic heterocycles. The van der Waals surface area contributed by atoms with Crippen LogP contribution in [-0.2, 0) is 0 Å². The van der Waals surface area contributed by atoms with Gasteiger partial charge in [-0.2, -0.15) is 0 Å². The lowest BCUT2D eigenvalue weighted by Gasteiger charge is -2.38. The molecule has 0 bridgehead atoms. The van der Waals surface area contributed by atoms with Crippen LogP contribution in [0.3, 0.4) is 0 Å². The number of hydrogen-bond acceptors (Lipinski definition) is 6. The van der Waals surface area contributed by atoms with Gasteiger partial charge in [-0.15, -0.1) is 11.3 Å². The molecule has 2 aromatic rings. The van der Waals surface area contributed by atoms with Gasteiger partial charge < -0.3 is 9.80 Å². The van der Waals surface area contributed by atoms with Crippen molar-refractivity contribution in [2.24, 2.45) is 5.92 Å². The number of carbonyl (C=O) groups is 1. The summed E-state index contributed by atoms with van der Waals surface area (Å²) in [6.07, 6.45) is 5.83. The van der Waals surface area contributed by atoms with E-state index in [9.17, 15) is 4.79 Å². The first kappa shape index (κ1) is 19.3. The molecule has 0 spiro atoms. The molecule has 7 heteroatoms. The SMILES string of the molecule is CC1CCN(C(=O)c2ccc(N3CCN(C(C)c4nccs4)CC3)nc2)CC1. The van der Waals surface area contributed by atoms with Crippen molar-refractivity contribution >= 4 is 23.1 Å². The van der Waals surface area contributed by atoms with Gasteiger partial charge in [0.2, 0.25) is 0 Å². The Morgan fingerprint density at radius 1 is 1.11 bits per heavy atom. The normalized spacial score (nSPS) is 20.4. The summed E-state index contributed by atoms with van der Waals surface area (Å²) in [5, 5.41) is 3.22. The average Bonchev–Trinajstić information content (AvgIpc) is 3.28. The summed E-state index contributed by atoms with van der Waals surface area (Å²) in [5.74, 6) is 1.81. The molecule has 0 N–H and O–H groups in total. The summed E-state index contributed by atoms with van der Waals surface area (Å²) in [5.41, 5.74) is 0.703. The van der Waals surface area contributed by atoms with Crippen LogP contribution in [0, 0.1) is 5.92 Å². The molecule has 0 aromatic carbocycles. The fraction of sp³-hybridized carbons (Fsp3) is 0.571. The predicted octanol–water partition coefficient (Wildman–Crippen LogP) is 3.29. The minimum atomic E-state index is 0.119. The number of carbonyl (C=O) groups excluding carboxylic acids is 1. The molecule has 1 amide bonds. The van der Waals surface area contributed by atoms with E-state index in [4.69, 9.17) is 0 Å². The van der Waals surface area contributed by atoms with Crippen LogP contribution in [-0.4, -0.2) is 64.9 Å². The highest BCUT2D eigenvalue weighted by atomic mass is 32.1. The number of anilines is 1. The number of pyridine rings is 1. The molecule has 2 fully saturated rings. The van der Waals surface area contributed by atoms with Crippen molar-refractivity contribution in [1.82, 2.24) is 19.8 Å². The largest absolute Gasteiger partial charge is 0.354 e. The number of piperidine rings is 1. The predicted molar refractivity (Wildman–Crippen MR) is 113 cm³/mol. The van der Waals surface area contributed by atoms with Gasteiger partial charge in [0.1, 0.15) is 10.8 Å². The number of likely N-dealkylation sites (tertiary alicyclic amines) is 1. The summed E-state index contributed by atoms with van der Waals surface area (Å²) in [6.45, 7) is 10.1. The lowest BCUT2D eigenvalue weighted by Crippen LogP contribution is -2.47. The van der Waals surface area contributed by atoms with Gasteiger partial charge in [0.05, 0.1) is 11.6 Å². The third-order valence-corrected chi connectivity index (χ3v) is 7.01. The Hall–Kier alpha value is -1.99. The Morgan fingerprint density at radius 2 is 1.86 bits per heavy atom. The smallest absolute Gasteiger partial charge is 0.255 e. The second kappa shape index (κ2) is 8.57. The molecule has 28 heavy (non-hydrogen) atoms. The molecule has 0 aliphatic carbocycles. The van der Waals surface area contributed by atoms with E-state index < -0.39 is 0 Å². The highest BCUT2D eigenvalue weighted by molar-refractivity contribution is 7.09. The van der Waals surface area contributed by atoms with Gasteiger partial charge in [0.25, 0.3) is 5.91 Å². The maximum absolute atomic E-state index is 12.7. The monoisotopic (exact) mass is 399 g/mol. The fourth-order valence-electron chi connectivity index (χ4n) is 4.03. The topological polar surface area (TPSA) is 52.6 Å². The van der Waals surface area contributed by atoms with Gasteiger partial charge in [0.15, 0.2) is 0 Å². The van der Waals surface area contributed by atoms with E-state index in [1.807, 2.05) is 28.6 Å². The van der Waals surface area contributed by atoms with Gasteiger partial charge in [-0.05, 0) is 37.8 Å². The van der Waals surface area contributed by atoms with Crippen molar-refractivity contribution in [1.29, 1.82) is 0 Å². The third kappa shape index (κ3) is 4.20. The molecule has 150 valence electrons. The summed E-state index contributed by atoms with van der Waals surface area (Å²) in [7, 11) is 0. The highest BCUT2D eigenvalue weighted by Gasteiger charge is 2.25. The molecule has 4 rings (SSSR count). The maximum atomic E-state index is 12.7. The molecular formula is C21H29N5OS. The zero-order chi connectivity index (χ0) is 19.5. The van der Waals surface area contributed by atoms with Crippen molar-refractivity contribution in [3.63, 3.8) is 0 Å². The Labute approximate surface area is 171 Å². The first-order valence-corrected chi connectivity index (χ1v) is 11.1. The molecule has 1 atom stereocenters. The van der Waals surface area contributed by atoms with Crippen LogP contribution in [0.5, 0.6) is 0 Å². The Bertz CT molecular complexity index is 763. The molecule has 6 nitrogen and oxygen atoms in total. The number of hydrogen-bond donors (Lipinski definition) is 0. The number of amides is 1. The summed E-state index contributed by atoms with van der Waals surface area (Å²) < 4.78 is 0. The van der Waals surface area contributed by atoms with E-state index in [1.54, 1.807) is 17.5 Å². The number of piperazine rings is 1. The first-order chi connectivity index (χ1) is 13.6. The lowest BCUT2D eigenvalue weighted by molar-refractivity contribution is 0.0697. The van der Waals surface area contributed by atoms with Crippen molar-refractivity contribution < 1.29 is 4.79 Å². The van der Waals surface area contributed by atoms with Gasteiger partial charge in [-0.1, -0.05) is 6.92 Å². The summed E-state index contributed by atoms with van der Waals surface area (Å²) in [4.78, 5) is 28.5. The van der Waals surface area contributed by atoms with Crippen molar-refractivity contribution in [2.45, 2.75) is 32.7 Å². The quantitative estimate of drug-likeness (QED) is 0.790. The third-order valence-electron chi connectivity index (χ3n) is 6.06. The van der Waals surface area contributed by atoms with Crippen LogP contribution in [0.1, 0.15) is 48.1 Å². The number of aromatic nitrogens is 2. The van der Waals surface area contributed by atoms with E-state index in [-0.39, 0.29) is 5.91 Å². The summed E-state index contributed by atoms with van der Waals surface area (Å²) in [6, 6.07) is 4.30. The number of rotatable bonds is 4. The number of nitrogens with zero attached hydrogens (tertiary/aromatic N) is 5. The Balaban J connectivity index is 1.33. The molecule has 2 aliphatic heterocycles. The van der Waals surface area contributed by atoms with Crippen LogP contribution < -0.4 is 4.90 Å². The average molecular weight is 400 g/mol. The van der Waals surface area contributed by atoms with E-state index in [2.05, 4.69) is 33.6 Å². The van der Waals surface area contributed by atoms with Gasteiger partial charge >= 0.3 is 0 Å². The van der Waals surface area contributed by atoms with Crippen molar-refractivity contribution in [2.75, 3.05) is 44.2 Å². The van der Waals surface area contributed by atoms with Crippen LogP contribution in [0.2, 0.25) is 0 Å². The van der Waals surface area contributed by atoms with E-state index in [1.165, 1.54) is 5.01 Å².